The van der Waals surface area contributed by atoms with Gasteiger partial charge < -0.3 is 10.2 Å². The molecule has 32 heavy (non-hydrogen) atoms. The average molecular weight is 429 g/mol. The van der Waals surface area contributed by atoms with Gasteiger partial charge in [0.1, 0.15) is 5.82 Å². The minimum Gasteiger partial charge on any atom is -0.351 e. The van der Waals surface area contributed by atoms with Gasteiger partial charge in [0.15, 0.2) is 0 Å². The van der Waals surface area contributed by atoms with E-state index in [-0.39, 0.29) is 30.1 Å². The van der Waals surface area contributed by atoms with Crippen LogP contribution in [0.5, 0.6) is 0 Å². The van der Waals surface area contributed by atoms with Gasteiger partial charge in [0, 0.05) is 42.4 Å². The van der Waals surface area contributed by atoms with E-state index in [0.717, 1.165) is 41.2 Å². The van der Waals surface area contributed by atoms with E-state index in [4.69, 9.17) is 0 Å². The minimum atomic E-state index is -0.269. The van der Waals surface area contributed by atoms with Gasteiger partial charge in [-0.2, -0.15) is 0 Å². The first-order valence-corrected chi connectivity index (χ1v) is 10.9. The van der Waals surface area contributed by atoms with Crippen molar-refractivity contribution in [1.82, 2.24) is 15.2 Å². The van der Waals surface area contributed by atoms with Crippen LogP contribution in [0.1, 0.15) is 33.9 Å². The summed E-state index contributed by atoms with van der Waals surface area (Å²) >= 11 is 0. The molecule has 3 heterocycles. The molecule has 2 aliphatic rings. The summed E-state index contributed by atoms with van der Waals surface area (Å²) < 4.78 is 13.2. The number of halogens is 1. The van der Waals surface area contributed by atoms with Gasteiger partial charge in [-0.3, -0.25) is 14.8 Å². The predicted octanol–water partition coefficient (Wildman–Crippen LogP) is 3.33. The zero-order valence-corrected chi connectivity index (χ0v) is 18.0. The summed E-state index contributed by atoms with van der Waals surface area (Å²) in [6.45, 7) is 2.30. The van der Waals surface area contributed by atoms with Gasteiger partial charge in [0.25, 0.3) is 0 Å². The summed E-state index contributed by atoms with van der Waals surface area (Å²) in [7, 11) is 2.09. The number of likely N-dealkylation sites (N-methyl/N-ethyl adjacent to an activating group) is 1. The zero-order chi connectivity index (χ0) is 22.1. The van der Waals surface area contributed by atoms with Crippen molar-refractivity contribution in [2.45, 2.75) is 24.9 Å². The van der Waals surface area contributed by atoms with Gasteiger partial charge in [0.2, 0.25) is 5.91 Å². The van der Waals surface area contributed by atoms with Gasteiger partial charge >= 0.3 is 0 Å². The Morgan fingerprint density at radius 2 is 1.91 bits per heavy atom. The number of fused-ring (bicyclic) bond motifs is 1. The van der Waals surface area contributed by atoms with Crippen molar-refractivity contribution >= 4 is 11.6 Å². The van der Waals surface area contributed by atoms with Crippen LogP contribution in [0.4, 0.5) is 4.39 Å². The maximum atomic E-state index is 13.2. The lowest BCUT2D eigenvalue weighted by molar-refractivity contribution is -0.121. The van der Waals surface area contributed by atoms with Gasteiger partial charge in [-0.25, -0.2) is 4.39 Å². The summed E-state index contributed by atoms with van der Waals surface area (Å²) in [5, 5.41) is 3.23. The Bertz CT molecular complexity index is 1160. The van der Waals surface area contributed by atoms with E-state index < -0.39 is 0 Å². The summed E-state index contributed by atoms with van der Waals surface area (Å²) in [5.41, 5.74) is 5.67. The molecule has 1 aromatic heterocycles. The second-order valence-electron chi connectivity index (χ2n) is 8.59. The molecule has 2 aromatic carbocycles. The molecule has 1 amide bonds. The van der Waals surface area contributed by atoms with Gasteiger partial charge in [-0.15, -0.1) is 0 Å². The maximum absolute atomic E-state index is 13.2. The van der Waals surface area contributed by atoms with Crippen molar-refractivity contribution < 1.29 is 9.18 Å². The van der Waals surface area contributed by atoms with Crippen molar-refractivity contribution in [1.29, 1.82) is 0 Å². The van der Waals surface area contributed by atoms with E-state index in [1.54, 1.807) is 18.3 Å². The third kappa shape index (κ3) is 4.18. The number of carbonyl (C=O) groups is 1. The molecule has 3 aromatic rings. The third-order valence-corrected chi connectivity index (χ3v) is 6.24. The van der Waals surface area contributed by atoms with Crippen LogP contribution in [0.3, 0.4) is 0 Å². The van der Waals surface area contributed by atoms with Crippen molar-refractivity contribution in [3.63, 3.8) is 0 Å². The van der Waals surface area contributed by atoms with Crippen LogP contribution in [0.15, 0.2) is 71.9 Å². The smallest absolute Gasteiger partial charge is 0.226 e. The fraction of sp³-hybridized carbons (Fsp3) is 0.269. The number of hydrogen-bond acceptors (Lipinski definition) is 4. The molecule has 0 unspecified atom stereocenters. The molecule has 2 atom stereocenters. The maximum Gasteiger partial charge on any atom is 0.226 e. The number of benzene rings is 2. The molecule has 6 heteroatoms. The molecule has 0 spiro atoms. The van der Waals surface area contributed by atoms with Gasteiger partial charge in [0.05, 0.1) is 24.4 Å². The monoisotopic (exact) mass is 428 g/mol. The first-order valence-electron chi connectivity index (χ1n) is 10.9. The zero-order valence-electron chi connectivity index (χ0n) is 18.0. The summed E-state index contributed by atoms with van der Waals surface area (Å²) in [6, 6.07) is 18.7. The Morgan fingerprint density at radius 1 is 1.12 bits per heavy atom. The molecule has 0 bridgehead atoms. The number of hydrogen-bond donors (Lipinski definition) is 1. The van der Waals surface area contributed by atoms with E-state index in [9.17, 15) is 9.18 Å². The topological polar surface area (TPSA) is 57.6 Å². The van der Waals surface area contributed by atoms with Gasteiger partial charge in [-0.05, 0) is 48.5 Å². The predicted molar refractivity (Wildman–Crippen MR) is 122 cm³/mol. The number of likely N-dealkylation sites (tertiary alicyclic amines) is 1. The quantitative estimate of drug-likeness (QED) is 0.678. The number of nitrogens with one attached hydrogen (secondary N) is 1. The van der Waals surface area contributed by atoms with Crippen molar-refractivity contribution in [3.8, 4) is 0 Å². The Morgan fingerprint density at radius 3 is 2.69 bits per heavy atom. The lowest BCUT2D eigenvalue weighted by Crippen LogP contribution is -2.40. The highest BCUT2D eigenvalue weighted by molar-refractivity contribution is 6.14. The highest BCUT2D eigenvalue weighted by atomic mass is 19.1. The second kappa shape index (κ2) is 8.63. The fourth-order valence-electron chi connectivity index (χ4n) is 4.70. The Hall–Kier alpha value is -3.38. The van der Waals surface area contributed by atoms with Crippen LogP contribution in [-0.2, 0) is 17.8 Å². The minimum absolute atomic E-state index is 0.0173. The van der Waals surface area contributed by atoms with Crippen molar-refractivity contribution in [2.75, 3.05) is 20.1 Å². The summed E-state index contributed by atoms with van der Waals surface area (Å²) in [6.07, 6.45) is 2.02. The summed E-state index contributed by atoms with van der Waals surface area (Å²) in [4.78, 5) is 24.2. The first-order chi connectivity index (χ1) is 15.6. The number of carbonyl (C=O) groups excluding carboxylic acids is 1. The fourth-order valence-corrected chi connectivity index (χ4v) is 4.70. The van der Waals surface area contributed by atoms with Crippen LogP contribution in [0.2, 0.25) is 0 Å². The molecule has 2 aliphatic heterocycles. The number of amides is 1. The molecular formula is C26H25FN4O. The highest BCUT2D eigenvalue weighted by Gasteiger charge is 2.33. The standard InChI is InChI=1S/C26H25FN4O/c1-31-15-23(17-5-3-2-4-6-17)24(16-31)30-25(32)12-21-11-19-13-29-26(22(19)14-28-21)18-7-9-20(27)10-8-18/h2-11,14,23-24H,12-13,15-16H2,1H3,(H,30,32)/t23-,24+/m1/s1. The second-order valence-corrected chi connectivity index (χ2v) is 8.59. The van der Waals surface area contributed by atoms with E-state index in [2.05, 4.69) is 39.4 Å². The van der Waals surface area contributed by atoms with Crippen molar-refractivity contribution in [3.05, 3.63) is 101 Å². The molecule has 0 radical (unpaired) electrons. The highest BCUT2D eigenvalue weighted by Crippen LogP contribution is 2.27. The van der Waals surface area contributed by atoms with Crippen molar-refractivity contribution in [2.24, 2.45) is 4.99 Å². The van der Waals surface area contributed by atoms with Crippen LogP contribution < -0.4 is 5.32 Å². The molecule has 0 saturated carbocycles. The number of rotatable bonds is 5. The molecule has 1 fully saturated rings. The molecular weight excluding hydrogens is 403 g/mol. The van der Waals surface area contributed by atoms with Crippen LogP contribution in [-0.4, -0.2) is 47.7 Å². The SMILES string of the molecule is CN1C[C@H](NC(=O)Cc2cc3c(cn2)C(c2ccc(F)cc2)=NC3)[C@@H](c2ccccc2)C1. The Kier molecular flexibility index (Phi) is 5.53. The lowest BCUT2D eigenvalue weighted by atomic mass is 9.94. The molecule has 0 aliphatic carbocycles. The van der Waals surface area contributed by atoms with E-state index in [0.29, 0.717) is 6.54 Å². The molecule has 5 nitrogen and oxygen atoms in total. The number of pyridine rings is 1. The van der Waals surface area contributed by atoms with Gasteiger partial charge in [-0.1, -0.05) is 30.3 Å². The van der Waals surface area contributed by atoms with Crippen LogP contribution in [0.25, 0.3) is 0 Å². The third-order valence-electron chi connectivity index (χ3n) is 6.24. The van der Waals surface area contributed by atoms with E-state index >= 15 is 0 Å². The number of aromatic nitrogens is 1. The van der Waals surface area contributed by atoms with E-state index in [1.165, 1.54) is 17.7 Å². The molecule has 1 N–H and O–H groups in total. The number of aliphatic imine (C=N–C) groups is 1. The van der Waals surface area contributed by atoms with E-state index in [1.807, 2.05) is 24.3 Å². The average Bonchev–Trinajstić information content (AvgIpc) is 3.37. The Balaban J connectivity index is 1.26. The van der Waals surface area contributed by atoms with Crippen LogP contribution in [0, 0.1) is 5.82 Å². The molecule has 1 saturated heterocycles. The normalized spacial score (nSPS) is 20.1. The largest absolute Gasteiger partial charge is 0.351 e. The number of nitrogens with zero attached hydrogens (tertiary/aromatic N) is 3. The molecule has 5 rings (SSSR count). The first kappa shape index (κ1) is 20.5. The lowest BCUT2D eigenvalue weighted by Gasteiger charge is -2.20. The molecule has 162 valence electrons. The van der Waals surface area contributed by atoms with Crippen LogP contribution >= 0.6 is 0 Å². The summed E-state index contributed by atoms with van der Waals surface area (Å²) in [5.74, 6) is -0.00355. The Labute approximate surface area is 187 Å².